The lowest BCUT2D eigenvalue weighted by atomic mass is 9.88. The van der Waals surface area contributed by atoms with Gasteiger partial charge in [-0.2, -0.15) is 0 Å². The maximum atomic E-state index is 6.60. The van der Waals surface area contributed by atoms with Crippen molar-refractivity contribution in [1.29, 1.82) is 0 Å². The van der Waals surface area contributed by atoms with E-state index in [2.05, 4.69) is 79.1 Å². The largest absolute Gasteiger partial charge is 0.484 e. The fourth-order valence-electron chi connectivity index (χ4n) is 5.83. The van der Waals surface area contributed by atoms with Gasteiger partial charge in [0, 0.05) is 46.2 Å². The van der Waals surface area contributed by atoms with Crippen LogP contribution in [-0.4, -0.2) is 10.7 Å². The molecule has 1 aliphatic heterocycles. The molecule has 2 aromatic carbocycles. The van der Waals surface area contributed by atoms with E-state index in [0.29, 0.717) is 12.0 Å². The monoisotopic (exact) mass is 393 g/mol. The average Bonchev–Trinajstić information content (AvgIpc) is 3.41. The summed E-state index contributed by atoms with van der Waals surface area (Å²) in [5.41, 5.74) is 7.57. The van der Waals surface area contributed by atoms with Crippen LogP contribution in [0.3, 0.4) is 0 Å². The summed E-state index contributed by atoms with van der Waals surface area (Å²) in [6, 6.07) is 13.4. The molecule has 0 spiro atoms. The normalized spacial score (nSPS) is 21.0. The molecule has 0 N–H and O–H groups in total. The Hall–Kier alpha value is -3.20. The second kappa shape index (κ2) is 5.69. The highest BCUT2D eigenvalue weighted by atomic mass is 16.5. The minimum absolute atomic E-state index is 0.0952. The number of nitrogens with zero attached hydrogens (tertiary/aromatic N) is 1. The van der Waals surface area contributed by atoms with Crippen molar-refractivity contribution in [3.05, 3.63) is 77.7 Å². The lowest BCUT2D eigenvalue weighted by Gasteiger charge is -2.18. The molecule has 3 nitrogen and oxygen atoms in total. The molecule has 0 amide bonds. The predicted octanol–water partition coefficient (Wildman–Crippen LogP) is 6.70. The van der Waals surface area contributed by atoms with Gasteiger partial charge in [0.25, 0.3) is 0 Å². The van der Waals surface area contributed by atoms with Crippen LogP contribution in [0.4, 0.5) is 0 Å². The molecule has 3 heteroatoms. The SMILES string of the molecule is CC(C)n1c2c(c3c4c(ccc31)C1C=CC=CC1O4)-c1c(oc3ccccc13)CC2. The summed E-state index contributed by atoms with van der Waals surface area (Å²) in [6.45, 7) is 4.56. The summed E-state index contributed by atoms with van der Waals surface area (Å²) >= 11 is 0. The van der Waals surface area contributed by atoms with Gasteiger partial charge in [-0.15, -0.1) is 0 Å². The van der Waals surface area contributed by atoms with Gasteiger partial charge in [-0.25, -0.2) is 0 Å². The van der Waals surface area contributed by atoms with Gasteiger partial charge in [-0.1, -0.05) is 42.5 Å². The van der Waals surface area contributed by atoms with Crippen LogP contribution >= 0.6 is 0 Å². The molecule has 3 aliphatic rings. The number of ether oxygens (including phenoxy) is 1. The molecule has 2 unspecified atom stereocenters. The Morgan fingerprint density at radius 2 is 1.83 bits per heavy atom. The predicted molar refractivity (Wildman–Crippen MR) is 120 cm³/mol. The fraction of sp³-hybridized carbons (Fsp3) is 0.259. The molecule has 0 radical (unpaired) electrons. The summed E-state index contributed by atoms with van der Waals surface area (Å²) in [4.78, 5) is 0. The molecule has 3 heterocycles. The molecular formula is C27H23NO2. The zero-order valence-corrected chi connectivity index (χ0v) is 17.2. The smallest absolute Gasteiger partial charge is 0.134 e. The van der Waals surface area contributed by atoms with Crippen molar-refractivity contribution < 1.29 is 9.15 Å². The number of hydrogen-bond donors (Lipinski definition) is 0. The highest BCUT2D eigenvalue weighted by Gasteiger charge is 2.37. The standard InChI is InChI=1S/C27H23NO2/c1-15(2)28-19-13-14-23-24(18-8-4-6-10-22(18)29-23)25(19)26-20(28)12-11-17-16-7-3-5-9-21(16)30-27(17)26/h3-12,15-16,21H,13-14H2,1-2H3. The molecule has 0 bridgehead atoms. The van der Waals surface area contributed by atoms with E-state index in [1.807, 2.05) is 0 Å². The van der Waals surface area contributed by atoms with Gasteiger partial charge in [0.1, 0.15) is 23.2 Å². The van der Waals surface area contributed by atoms with Gasteiger partial charge in [0.2, 0.25) is 0 Å². The molecule has 2 aromatic heterocycles. The number of para-hydroxylation sites is 1. The zero-order chi connectivity index (χ0) is 20.0. The van der Waals surface area contributed by atoms with Crippen LogP contribution < -0.4 is 4.74 Å². The summed E-state index contributed by atoms with van der Waals surface area (Å²) in [5.74, 6) is 2.48. The Labute approximate surface area is 175 Å². The Kier molecular flexibility index (Phi) is 3.15. The van der Waals surface area contributed by atoms with Crippen molar-refractivity contribution in [3.8, 4) is 16.9 Å². The Morgan fingerprint density at radius 1 is 0.967 bits per heavy atom. The Bertz CT molecular complexity index is 1410. The van der Waals surface area contributed by atoms with Crippen LogP contribution in [-0.2, 0) is 12.8 Å². The number of hydrogen-bond acceptors (Lipinski definition) is 2. The molecule has 148 valence electrons. The molecule has 0 fully saturated rings. The van der Waals surface area contributed by atoms with Crippen LogP contribution in [0.2, 0.25) is 0 Å². The van der Waals surface area contributed by atoms with E-state index in [4.69, 9.17) is 9.15 Å². The van der Waals surface area contributed by atoms with E-state index in [-0.39, 0.29) is 6.10 Å². The summed E-state index contributed by atoms with van der Waals surface area (Å²) in [5, 5.41) is 2.48. The lowest BCUT2D eigenvalue weighted by Crippen LogP contribution is -2.15. The van der Waals surface area contributed by atoms with Crippen molar-refractivity contribution in [1.82, 2.24) is 4.57 Å². The van der Waals surface area contributed by atoms with Gasteiger partial charge in [-0.05, 0) is 38.5 Å². The minimum atomic E-state index is 0.0952. The van der Waals surface area contributed by atoms with Gasteiger partial charge in [0.15, 0.2) is 0 Å². The van der Waals surface area contributed by atoms with Crippen LogP contribution in [0, 0.1) is 0 Å². The summed E-state index contributed by atoms with van der Waals surface area (Å²) < 4.78 is 15.4. The van der Waals surface area contributed by atoms with E-state index in [0.717, 1.165) is 29.9 Å². The Morgan fingerprint density at radius 3 is 2.73 bits per heavy atom. The number of rotatable bonds is 1. The average molecular weight is 393 g/mol. The third-order valence-electron chi connectivity index (χ3n) is 6.98. The zero-order valence-electron chi connectivity index (χ0n) is 17.2. The van der Waals surface area contributed by atoms with Gasteiger partial charge in [-0.3, -0.25) is 0 Å². The first-order valence-electron chi connectivity index (χ1n) is 10.9. The summed E-state index contributed by atoms with van der Waals surface area (Å²) in [7, 11) is 0. The number of fused-ring (bicyclic) bond motifs is 11. The third-order valence-corrected chi connectivity index (χ3v) is 6.98. The van der Waals surface area contributed by atoms with Crippen molar-refractivity contribution >= 4 is 21.9 Å². The van der Waals surface area contributed by atoms with Gasteiger partial charge >= 0.3 is 0 Å². The van der Waals surface area contributed by atoms with Crippen molar-refractivity contribution in [2.75, 3.05) is 0 Å². The number of allylic oxidation sites excluding steroid dienone is 2. The van der Waals surface area contributed by atoms with Gasteiger partial charge in [0.05, 0.1) is 10.9 Å². The molecule has 7 rings (SSSR count). The van der Waals surface area contributed by atoms with Crippen LogP contribution in [0.5, 0.6) is 5.75 Å². The number of aromatic nitrogens is 1. The van der Waals surface area contributed by atoms with E-state index < -0.39 is 0 Å². The Balaban J connectivity index is 1.63. The molecule has 2 atom stereocenters. The van der Waals surface area contributed by atoms with Gasteiger partial charge < -0.3 is 13.7 Å². The first-order valence-corrected chi connectivity index (χ1v) is 10.9. The number of aryl methyl sites for hydroxylation is 1. The van der Waals surface area contributed by atoms with Crippen LogP contribution in [0.25, 0.3) is 33.0 Å². The van der Waals surface area contributed by atoms with E-state index in [9.17, 15) is 0 Å². The topological polar surface area (TPSA) is 27.3 Å². The third kappa shape index (κ3) is 1.95. The fourth-order valence-corrected chi connectivity index (χ4v) is 5.83. The molecular weight excluding hydrogens is 370 g/mol. The van der Waals surface area contributed by atoms with Crippen molar-refractivity contribution in [3.63, 3.8) is 0 Å². The van der Waals surface area contributed by atoms with Crippen LogP contribution in [0.1, 0.15) is 42.8 Å². The highest BCUT2D eigenvalue weighted by Crippen LogP contribution is 2.53. The second-order valence-electron chi connectivity index (χ2n) is 8.94. The molecule has 30 heavy (non-hydrogen) atoms. The first kappa shape index (κ1) is 16.6. The molecule has 0 saturated heterocycles. The second-order valence-corrected chi connectivity index (χ2v) is 8.94. The number of benzene rings is 2. The van der Waals surface area contributed by atoms with Crippen molar-refractivity contribution in [2.45, 2.75) is 44.8 Å². The molecule has 4 aromatic rings. The number of furan rings is 1. The van der Waals surface area contributed by atoms with E-state index in [1.165, 1.54) is 38.7 Å². The first-order chi connectivity index (χ1) is 14.7. The maximum Gasteiger partial charge on any atom is 0.134 e. The van der Waals surface area contributed by atoms with E-state index >= 15 is 0 Å². The van der Waals surface area contributed by atoms with Crippen molar-refractivity contribution in [2.24, 2.45) is 0 Å². The lowest BCUT2D eigenvalue weighted by molar-refractivity contribution is 0.271. The molecule has 0 saturated carbocycles. The minimum Gasteiger partial charge on any atom is -0.484 e. The molecule has 2 aliphatic carbocycles. The maximum absolute atomic E-state index is 6.60. The quantitative estimate of drug-likeness (QED) is 0.360. The summed E-state index contributed by atoms with van der Waals surface area (Å²) in [6.07, 6.45) is 10.7. The van der Waals surface area contributed by atoms with Crippen LogP contribution in [0.15, 0.2) is 65.1 Å². The highest BCUT2D eigenvalue weighted by molar-refractivity contribution is 6.10. The van der Waals surface area contributed by atoms with E-state index in [1.54, 1.807) is 0 Å².